The summed E-state index contributed by atoms with van der Waals surface area (Å²) < 4.78 is 6.84. The normalized spacial score (nSPS) is 14.4. The van der Waals surface area contributed by atoms with Crippen molar-refractivity contribution in [1.82, 2.24) is 24.8 Å². The molecule has 180 valence electrons. The van der Waals surface area contributed by atoms with Crippen LogP contribution in [0.5, 0.6) is 0 Å². The van der Waals surface area contributed by atoms with Gasteiger partial charge in [-0.05, 0) is 64.2 Å². The lowest BCUT2D eigenvalue weighted by Crippen LogP contribution is -2.46. The van der Waals surface area contributed by atoms with E-state index in [0.29, 0.717) is 43.7 Å². The number of nitrogens with zero attached hydrogens (tertiary/aromatic N) is 4. The number of piperidine rings is 1. The van der Waals surface area contributed by atoms with Gasteiger partial charge < -0.3 is 15.0 Å². The van der Waals surface area contributed by atoms with Gasteiger partial charge in [0.15, 0.2) is 5.65 Å². The van der Waals surface area contributed by atoms with E-state index in [9.17, 15) is 9.59 Å². The van der Waals surface area contributed by atoms with E-state index >= 15 is 0 Å². The third-order valence-electron chi connectivity index (χ3n) is 6.68. The molecule has 8 heteroatoms. The molecule has 4 rings (SSSR count). The number of benzene rings is 1. The van der Waals surface area contributed by atoms with E-state index in [1.54, 1.807) is 22.5 Å². The first kappa shape index (κ1) is 23.7. The molecular formula is C26H33N5O3. The molecule has 1 aliphatic rings. The highest BCUT2D eigenvalue weighted by molar-refractivity contribution is 5.99. The highest BCUT2D eigenvalue weighted by Gasteiger charge is 2.26. The molecule has 2 amide bonds. The van der Waals surface area contributed by atoms with Gasteiger partial charge in [0.1, 0.15) is 5.56 Å². The molecule has 1 aromatic carbocycles. The van der Waals surface area contributed by atoms with Crippen molar-refractivity contribution in [2.24, 2.45) is 0 Å². The van der Waals surface area contributed by atoms with E-state index in [4.69, 9.17) is 9.72 Å². The predicted molar refractivity (Wildman–Crippen MR) is 130 cm³/mol. The molecule has 1 N–H and O–H groups in total. The summed E-state index contributed by atoms with van der Waals surface area (Å²) in [5.41, 5.74) is 7.82. The van der Waals surface area contributed by atoms with Gasteiger partial charge in [-0.3, -0.25) is 4.79 Å². The van der Waals surface area contributed by atoms with Crippen LogP contribution in [0.3, 0.4) is 0 Å². The summed E-state index contributed by atoms with van der Waals surface area (Å²) in [6.07, 6.45) is 3.46. The predicted octanol–water partition coefficient (Wildman–Crippen LogP) is 3.90. The molecule has 1 aliphatic heterocycles. The lowest BCUT2D eigenvalue weighted by atomic mass is 9.97. The smallest absolute Gasteiger partial charge is 0.409 e. The van der Waals surface area contributed by atoms with Crippen LogP contribution in [0.15, 0.2) is 24.4 Å². The van der Waals surface area contributed by atoms with Crippen LogP contribution < -0.4 is 5.32 Å². The molecular weight excluding hydrogens is 430 g/mol. The molecule has 1 fully saturated rings. The van der Waals surface area contributed by atoms with Crippen molar-refractivity contribution in [3.8, 4) is 0 Å². The van der Waals surface area contributed by atoms with Crippen LogP contribution in [0.2, 0.25) is 0 Å². The molecule has 0 bridgehead atoms. The average Bonchev–Trinajstić information content (AvgIpc) is 3.23. The van der Waals surface area contributed by atoms with Gasteiger partial charge in [-0.25, -0.2) is 14.3 Å². The number of ether oxygens (including phenoxy) is 1. The van der Waals surface area contributed by atoms with Crippen molar-refractivity contribution in [1.29, 1.82) is 0 Å². The van der Waals surface area contributed by atoms with E-state index in [1.807, 2.05) is 13.8 Å². The Bertz CT molecular complexity index is 1220. The minimum absolute atomic E-state index is 0.00103. The van der Waals surface area contributed by atoms with Crippen LogP contribution in [-0.4, -0.2) is 57.2 Å². The van der Waals surface area contributed by atoms with Crippen LogP contribution in [0.25, 0.3) is 5.65 Å². The minimum Gasteiger partial charge on any atom is -0.450 e. The number of fused-ring (bicyclic) bond motifs is 1. The van der Waals surface area contributed by atoms with Crippen molar-refractivity contribution in [3.63, 3.8) is 0 Å². The standard InChI is InChI=1S/C26H33N5O3/c1-6-34-26(33)30-11-9-21(10-12-30)29-25(32)23-15-27-31-19(5)22(18(4)28-24(23)31)14-20-13-16(2)7-8-17(20)3/h7-8,13,15,21H,6,9-12,14H2,1-5H3,(H,29,32). The van der Waals surface area contributed by atoms with E-state index in [-0.39, 0.29) is 18.0 Å². The van der Waals surface area contributed by atoms with Gasteiger partial charge in [-0.1, -0.05) is 23.8 Å². The first-order valence-corrected chi connectivity index (χ1v) is 11.9. The molecule has 1 saturated heterocycles. The first-order chi connectivity index (χ1) is 16.3. The van der Waals surface area contributed by atoms with Crippen LogP contribution in [0.4, 0.5) is 4.79 Å². The summed E-state index contributed by atoms with van der Waals surface area (Å²) in [4.78, 5) is 31.4. The zero-order valence-corrected chi connectivity index (χ0v) is 20.6. The fourth-order valence-electron chi connectivity index (χ4n) is 4.59. The Kier molecular flexibility index (Phi) is 6.86. The number of rotatable bonds is 5. The number of aryl methyl sites for hydroxylation is 4. The molecule has 2 aromatic heterocycles. The van der Waals surface area contributed by atoms with E-state index in [2.05, 4.69) is 42.5 Å². The topological polar surface area (TPSA) is 88.8 Å². The summed E-state index contributed by atoms with van der Waals surface area (Å²) in [7, 11) is 0. The fourth-order valence-corrected chi connectivity index (χ4v) is 4.59. The Labute approximate surface area is 200 Å². The Morgan fingerprint density at radius 1 is 1.15 bits per heavy atom. The maximum absolute atomic E-state index is 13.1. The van der Waals surface area contributed by atoms with Gasteiger partial charge in [0.05, 0.1) is 12.8 Å². The summed E-state index contributed by atoms with van der Waals surface area (Å²) in [5.74, 6) is -0.182. The molecule has 8 nitrogen and oxygen atoms in total. The van der Waals surface area contributed by atoms with Gasteiger partial charge in [-0.2, -0.15) is 5.10 Å². The molecule has 0 radical (unpaired) electrons. The molecule has 0 unspecified atom stereocenters. The van der Waals surface area contributed by atoms with Gasteiger partial charge in [0.25, 0.3) is 5.91 Å². The summed E-state index contributed by atoms with van der Waals surface area (Å²) in [6, 6.07) is 6.49. The number of likely N-dealkylation sites (tertiary alicyclic amines) is 1. The Balaban J connectivity index is 1.51. The van der Waals surface area contributed by atoms with E-state index in [1.165, 1.54) is 16.7 Å². The van der Waals surface area contributed by atoms with Crippen molar-refractivity contribution in [2.45, 2.75) is 59.9 Å². The number of hydrogen-bond acceptors (Lipinski definition) is 5. The Morgan fingerprint density at radius 2 is 1.88 bits per heavy atom. The summed E-state index contributed by atoms with van der Waals surface area (Å²) >= 11 is 0. The zero-order valence-electron chi connectivity index (χ0n) is 20.6. The van der Waals surface area contributed by atoms with Crippen LogP contribution in [-0.2, 0) is 11.2 Å². The first-order valence-electron chi connectivity index (χ1n) is 11.9. The SMILES string of the molecule is CCOC(=O)N1CCC(NC(=O)c2cnn3c(C)c(Cc4cc(C)ccc4C)c(C)nc23)CC1. The van der Waals surface area contributed by atoms with E-state index in [0.717, 1.165) is 23.4 Å². The highest BCUT2D eigenvalue weighted by atomic mass is 16.6. The van der Waals surface area contributed by atoms with Crippen LogP contribution >= 0.6 is 0 Å². The summed E-state index contributed by atoms with van der Waals surface area (Å²) in [6.45, 7) is 11.5. The number of amides is 2. The van der Waals surface area contributed by atoms with Crippen molar-refractivity contribution >= 4 is 17.6 Å². The third-order valence-corrected chi connectivity index (χ3v) is 6.68. The largest absolute Gasteiger partial charge is 0.450 e. The highest BCUT2D eigenvalue weighted by Crippen LogP contribution is 2.23. The maximum atomic E-state index is 13.1. The second-order valence-electron chi connectivity index (χ2n) is 9.10. The van der Waals surface area contributed by atoms with Gasteiger partial charge >= 0.3 is 6.09 Å². The van der Waals surface area contributed by atoms with Gasteiger partial charge in [0.2, 0.25) is 0 Å². The van der Waals surface area contributed by atoms with Gasteiger partial charge in [0, 0.05) is 36.9 Å². The number of carbonyl (C=O) groups is 2. The monoisotopic (exact) mass is 463 g/mol. The molecule has 0 aliphatic carbocycles. The quantitative estimate of drug-likeness (QED) is 0.620. The maximum Gasteiger partial charge on any atom is 0.409 e. The number of carbonyl (C=O) groups excluding carboxylic acids is 2. The zero-order chi connectivity index (χ0) is 24.4. The number of nitrogens with one attached hydrogen (secondary N) is 1. The summed E-state index contributed by atoms with van der Waals surface area (Å²) in [5, 5.41) is 7.60. The molecule has 34 heavy (non-hydrogen) atoms. The second kappa shape index (κ2) is 9.83. The Morgan fingerprint density at radius 3 is 2.59 bits per heavy atom. The van der Waals surface area contributed by atoms with Crippen LogP contribution in [0.1, 0.15) is 63.8 Å². The molecule has 3 heterocycles. The minimum atomic E-state index is -0.290. The molecule has 0 spiro atoms. The molecule has 3 aromatic rings. The lowest BCUT2D eigenvalue weighted by molar-refractivity contribution is 0.0861. The fraction of sp³-hybridized carbons (Fsp3) is 0.462. The Hall–Kier alpha value is -3.42. The second-order valence-corrected chi connectivity index (χ2v) is 9.10. The van der Waals surface area contributed by atoms with Crippen molar-refractivity contribution in [2.75, 3.05) is 19.7 Å². The molecule has 0 atom stereocenters. The van der Waals surface area contributed by atoms with Gasteiger partial charge in [-0.15, -0.1) is 0 Å². The van der Waals surface area contributed by atoms with Crippen LogP contribution in [0, 0.1) is 27.7 Å². The number of hydrogen-bond donors (Lipinski definition) is 1. The number of aromatic nitrogens is 3. The van der Waals surface area contributed by atoms with Crippen molar-refractivity contribution < 1.29 is 14.3 Å². The molecule has 0 saturated carbocycles. The van der Waals surface area contributed by atoms with E-state index < -0.39 is 0 Å². The average molecular weight is 464 g/mol. The van der Waals surface area contributed by atoms with Crippen molar-refractivity contribution in [3.05, 3.63) is 63.6 Å². The lowest BCUT2D eigenvalue weighted by Gasteiger charge is -2.31. The third kappa shape index (κ3) is 4.76.